The number of fused-ring (bicyclic) bond motifs is 1. The Morgan fingerprint density at radius 1 is 0.788 bits per heavy atom. The van der Waals surface area contributed by atoms with Crippen molar-refractivity contribution in [2.75, 3.05) is 13.1 Å². The fourth-order valence-corrected chi connectivity index (χ4v) is 4.40. The van der Waals surface area contributed by atoms with Gasteiger partial charge in [-0.3, -0.25) is 14.9 Å². The van der Waals surface area contributed by atoms with Crippen molar-refractivity contribution in [3.05, 3.63) is 72.4 Å². The molecule has 170 valence electrons. The normalized spacial score (nSPS) is 15.6. The quantitative estimate of drug-likeness (QED) is 0.389. The number of likely N-dealkylation sites (tertiary alicyclic amines) is 1. The summed E-state index contributed by atoms with van der Waals surface area (Å²) in [6, 6.07) is 9.05. The molecule has 0 atom stereocenters. The van der Waals surface area contributed by atoms with E-state index in [4.69, 9.17) is 0 Å². The minimum absolute atomic E-state index is 0.272. The van der Waals surface area contributed by atoms with Crippen molar-refractivity contribution < 1.29 is 13.2 Å². The highest BCUT2D eigenvalue weighted by molar-refractivity contribution is 5.85. The van der Waals surface area contributed by atoms with Crippen molar-refractivity contribution in [2.45, 2.75) is 38.4 Å². The van der Waals surface area contributed by atoms with E-state index in [1.165, 1.54) is 42.1 Å². The zero-order chi connectivity index (χ0) is 22.8. The number of hydrogen-bond acceptors (Lipinski definition) is 4. The van der Waals surface area contributed by atoms with Crippen LogP contribution >= 0.6 is 0 Å². The Morgan fingerprint density at radius 3 is 2.36 bits per heavy atom. The smallest absolute Gasteiger partial charge is 0.299 e. The Bertz CT molecular complexity index is 1260. The van der Waals surface area contributed by atoms with Gasteiger partial charge in [0.15, 0.2) is 0 Å². The molecule has 1 aromatic carbocycles. The van der Waals surface area contributed by atoms with Gasteiger partial charge in [0.25, 0.3) is 0 Å². The number of pyridine rings is 2. The number of halogens is 3. The fourth-order valence-electron chi connectivity index (χ4n) is 4.40. The Balaban J connectivity index is 1.42. The van der Waals surface area contributed by atoms with E-state index in [1.54, 1.807) is 6.20 Å². The molecule has 3 aromatic heterocycles. The van der Waals surface area contributed by atoms with Crippen molar-refractivity contribution in [2.24, 2.45) is 0 Å². The van der Waals surface area contributed by atoms with Crippen molar-refractivity contribution in [3.63, 3.8) is 0 Å². The first-order valence-corrected chi connectivity index (χ1v) is 11.1. The number of alkyl halides is 3. The van der Waals surface area contributed by atoms with Gasteiger partial charge in [0.1, 0.15) is 0 Å². The molecule has 1 fully saturated rings. The standard InChI is InChI=1S/C25H24F3N5/c26-25(27,28)22-11-23(16-30-15-22)33-24-6-5-19(10-21(24)14-31-33)20-9-18(12-29-13-20)17-32-7-3-1-2-4-8-32/h5-6,9-16H,1-4,7-8,17H2. The third-order valence-electron chi connectivity index (χ3n) is 6.10. The largest absolute Gasteiger partial charge is 0.417 e. The molecule has 0 unspecified atom stereocenters. The summed E-state index contributed by atoms with van der Waals surface area (Å²) in [5.41, 5.74) is 3.38. The second-order valence-corrected chi connectivity index (χ2v) is 8.53. The maximum atomic E-state index is 13.1. The summed E-state index contributed by atoms with van der Waals surface area (Å²) in [4.78, 5) is 10.7. The van der Waals surface area contributed by atoms with Gasteiger partial charge in [-0.15, -0.1) is 0 Å². The van der Waals surface area contributed by atoms with Crippen LogP contribution in [0.2, 0.25) is 0 Å². The number of hydrogen-bond donors (Lipinski definition) is 0. The maximum Gasteiger partial charge on any atom is 0.417 e. The van der Waals surface area contributed by atoms with Crippen LogP contribution in [-0.4, -0.2) is 37.7 Å². The monoisotopic (exact) mass is 451 g/mol. The zero-order valence-electron chi connectivity index (χ0n) is 18.1. The van der Waals surface area contributed by atoms with E-state index in [9.17, 15) is 13.2 Å². The van der Waals surface area contributed by atoms with Gasteiger partial charge in [-0.05, 0) is 61.3 Å². The van der Waals surface area contributed by atoms with Gasteiger partial charge < -0.3 is 0 Å². The van der Waals surface area contributed by atoms with Gasteiger partial charge in [-0.1, -0.05) is 18.9 Å². The van der Waals surface area contributed by atoms with E-state index in [0.717, 1.165) is 48.4 Å². The van der Waals surface area contributed by atoms with Crippen molar-refractivity contribution >= 4 is 10.9 Å². The topological polar surface area (TPSA) is 46.8 Å². The average Bonchev–Trinajstić information content (AvgIpc) is 3.07. The number of nitrogens with zero attached hydrogens (tertiary/aromatic N) is 5. The highest BCUT2D eigenvalue weighted by Gasteiger charge is 2.31. The zero-order valence-corrected chi connectivity index (χ0v) is 18.1. The van der Waals surface area contributed by atoms with Crippen LogP contribution in [0.15, 0.2) is 61.3 Å². The van der Waals surface area contributed by atoms with E-state index in [1.807, 2.05) is 30.6 Å². The Labute approximate surface area is 189 Å². The van der Waals surface area contributed by atoms with Crippen LogP contribution in [0.25, 0.3) is 27.7 Å². The molecule has 4 aromatic rings. The van der Waals surface area contributed by atoms with Crippen molar-refractivity contribution in [3.8, 4) is 16.8 Å². The SMILES string of the molecule is FC(F)(F)c1cncc(-n2ncc3cc(-c4cncc(CN5CCCCCC5)c4)ccc32)c1. The number of benzene rings is 1. The lowest BCUT2D eigenvalue weighted by Crippen LogP contribution is -2.24. The van der Waals surface area contributed by atoms with E-state index in [-0.39, 0.29) is 5.69 Å². The molecule has 1 aliphatic rings. The van der Waals surface area contributed by atoms with E-state index in [2.05, 4.69) is 26.0 Å². The molecule has 0 saturated carbocycles. The molecule has 0 N–H and O–H groups in total. The van der Waals surface area contributed by atoms with Crippen LogP contribution in [-0.2, 0) is 12.7 Å². The van der Waals surface area contributed by atoms with Crippen LogP contribution < -0.4 is 0 Å². The lowest BCUT2D eigenvalue weighted by atomic mass is 10.0. The van der Waals surface area contributed by atoms with Gasteiger partial charge in [0, 0.05) is 36.1 Å². The summed E-state index contributed by atoms with van der Waals surface area (Å²) >= 11 is 0. The predicted molar refractivity (Wildman–Crippen MR) is 121 cm³/mol. The first-order chi connectivity index (χ1) is 16.0. The molecule has 33 heavy (non-hydrogen) atoms. The predicted octanol–water partition coefficient (Wildman–Crippen LogP) is 5.88. The van der Waals surface area contributed by atoms with Crippen LogP contribution in [0, 0.1) is 0 Å². The molecule has 0 bridgehead atoms. The third kappa shape index (κ3) is 4.75. The van der Waals surface area contributed by atoms with Crippen LogP contribution in [0.5, 0.6) is 0 Å². The number of aromatic nitrogens is 4. The van der Waals surface area contributed by atoms with Crippen LogP contribution in [0.4, 0.5) is 13.2 Å². The summed E-state index contributed by atoms with van der Waals surface area (Å²) in [6.45, 7) is 3.14. The van der Waals surface area contributed by atoms with Gasteiger partial charge in [-0.25, -0.2) is 4.68 Å². The molecule has 1 saturated heterocycles. The third-order valence-corrected chi connectivity index (χ3v) is 6.10. The first kappa shape index (κ1) is 21.6. The fraction of sp³-hybridized carbons (Fsp3) is 0.320. The Morgan fingerprint density at radius 2 is 1.58 bits per heavy atom. The summed E-state index contributed by atoms with van der Waals surface area (Å²) in [6.07, 6.45) is 8.27. The summed E-state index contributed by atoms with van der Waals surface area (Å²) < 4.78 is 40.7. The van der Waals surface area contributed by atoms with E-state index in [0.29, 0.717) is 5.52 Å². The van der Waals surface area contributed by atoms with Gasteiger partial charge in [0.2, 0.25) is 0 Å². The van der Waals surface area contributed by atoms with Crippen LogP contribution in [0.3, 0.4) is 0 Å². The lowest BCUT2D eigenvalue weighted by Gasteiger charge is -2.19. The molecule has 8 heteroatoms. The maximum absolute atomic E-state index is 13.1. The summed E-state index contributed by atoms with van der Waals surface area (Å²) in [7, 11) is 0. The molecule has 1 aliphatic heterocycles. The van der Waals surface area contributed by atoms with E-state index >= 15 is 0 Å². The molecule has 0 aliphatic carbocycles. The molecular weight excluding hydrogens is 427 g/mol. The average molecular weight is 451 g/mol. The minimum Gasteiger partial charge on any atom is -0.299 e. The van der Waals surface area contributed by atoms with Crippen molar-refractivity contribution in [1.82, 2.24) is 24.6 Å². The van der Waals surface area contributed by atoms with E-state index < -0.39 is 11.7 Å². The highest BCUT2D eigenvalue weighted by Crippen LogP contribution is 2.31. The second kappa shape index (κ2) is 8.94. The van der Waals surface area contributed by atoms with Gasteiger partial charge in [-0.2, -0.15) is 18.3 Å². The Kier molecular flexibility index (Phi) is 5.85. The van der Waals surface area contributed by atoms with Crippen LogP contribution in [0.1, 0.15) is 36.8 Å². The molecule has 5 rings (SSSR count). The summed E-state index contributed by atoms with van der Waals surface area (Å²) in [5, 5.41) is 5.15. The lowest BCUT2D eigenvalue weighted by molar-refractivity contribution is -0.137. The molecule has 0 spiro atoms. The molecule has 0 amide bonds. The van der Waals surface area contributed by atoms with Gasteiger partial charge >= 0.3 is 6.18 Å². The highest BCUT2D eigenvalue weighted by atomic mass is 19.4. The Hall–Kier alpha value is -3.26. The first-order valence-electron chi connectivity index (χ1n) is 11.1. The van der Waals surface area contributed by atoms with Gasteiger partial charge in [0.05, 0.1) is 29.2 Å². The molecule has 5 nitrogen and oxygen atoms in total. The number of rotatable bonds is 4. The molecular formula is C25H24F3N5. The second-order valence-electron chi connectivity index (χ2n) is 8.53. The summed E-state index contributed by atoms with van der Waals surface area (Å²) in [5.74, 6) is 0. The van der Waals surface area contributed by atoms with Crippen molar-refractivity contribution in [1.29, 1.82) is 0 Å². The molecule has 4 heterocycles. The molecule has 0 radical (unpaired) electrons. The minimum atomic E-state index is -4.45.